The Kier molecular flexibility index (Phi) is 7.33. The van der Waals surface area contributed by atoms with Crippen molar-refractivity contribution >= 4 is 5.96 Å². The molecule has 27 heavy (non-hydrogen) atoms. The first-order valence-corrected chi connectivity index (χ1v) is 9.97. The van der Waals surface area contributed by atoms with Crippen molar-refractivity contribution in [1.82, 2.24) is 25.1 Å². The number of aryl methyl sites for hydroxylation is 2. The third-order valence-electron chi connectivity index (χ3n) is 5.18. The lowest BCUT2D eigenvalue weighted by molar-refractivity contribution is 0.215. The molecule has 7 heteroatoms. The standard InChI is InChI=1S/C20H32N6O/c1-17-22-10-14-25(17)11-4-3-9-23-20(21-2)24-16-18(19-8-7-15-27-19)26-12-5-6-13-26/h7-8,10,14-15,18H,3-6,9,11-13,16H2,1-2H3,(H2,21,23,24). The molecule has 0 aliphatic carbocycles. The Labute approximate surface area is 161 Å². The Morgan fingerprint density at radius 3 is 2.81 bits per heavy atom. The minimum Gasteiger partial charge on any atom is -0.468 e. The zero-order valence-corrected chi connectivity index (χ0v) is 16.5. The highest BCUT2D eigenvalue weighted by Gasteiger charge is 2.25. The van der Waals surface area contributed by atoms with Crippen LogP contribution in [0.1, 0.15) is 43.3 Å². The van der Waals surface area contributed by atoms with Gasteiger partial charge in [0.15, 0.2) is 5.96 Å². The van der Waals surface area contributed by atoms with Gasteiger partial charge in [0.2, 0.25) is 0 Å². The lowest BCUT2D eigenvalue weighted by Gasteiger charge is -2.26. The largest absolute Gasteiger partial charge is 0.468 e. The van der Waals surface area contributed by atoms with Crippen molar-refractivity contribution in [3.8, 4) is 0 Å². The fourth-order valence-electron chi connectivity index (χ4n) is 3.61. The third kappa shape index (κ3) is 5.60. The van der Waals surface area contributed by atoms with E-state index in [9.17, 15) is 0 Å². The first-order valence-electron chi connectivity index (χ1n) is 9.97. The topological polar surface area (TPSA) is 70.6 Å². The van der Waals surface area contributed by atoms with E-state index in [1.807, 2.05) is 32.4 Å². The van der Waals surface area contributed by atoms with Crippen LogP contribution >= 0.6 is 0 Å². The van der Waals surface area contributed by atoms with Crippen molar-refractivity contribution in [3.05, 3.63) is 42.4 Å². The van der Waals surface area contributed by atoms with Crippen molar-refractivity contribution < 1.29 is 4.42 Å². The number of unbranched alkanes of at least 4 members (excludes halogenated alkanes) is 1. The molecular formula is C20H32N6O. The maximum atomic E-state index is 5.68. The molecule has 0 saturated carbocycles. The second-order valence-corrected chi connectivity index (χ2v) is 7.03. The molecule has 148 valence electrons. The van der Waals surface area contributed by atoms with Crippen LogP contribution in [0.5, 0.6) is 0 Å². The number of imidazole rings is 1. The number of likely N-dealkylation sites (tertiary alicyclic amines) is 1. The van der Waals surface area contributed by atoms with E-state index in [2.05, 4.69) is 36.1 Å². The first kappa shape index (κ1) is 19.5. The Morgan fingerprint density at radius 1 is 1.30 bits per heavy atom. The van der Waals surface area contributed by atoms with E-state index in [-0.39, 0.29) is 6.04 Å². The fourth-order valence-corrected chi connectivity index (χ4v) is 3.61. The van der Waals surface area contributed by atoms with Crippen LogP contribution in [-0.2, 0) is 6.54 Å². The molecule has 2 N–H and O–H groups in total. The average molecular weight is 373 g/mol. The predicted molar refractivity (Wildman–Crippen MR) is 108 cm³/mol. The van der Waals surface area contributed by atoms with Crippen LogP contribution in [0.2, 0.25) is 0 Å². The van der Waals surface area contributed by atoms with E-state index in [1.54, 1.807) is 6.26 Å². The van der Waals surface area contributed by atoms with Crippen LogP contribution in [0.25, 0.3) is 0 Å². The summed E-state index contributed by atoms with van der Waals surface area (Å²) in [5, 5.41) is 6.89. The minimum absolute atomic E-state index is 0.255. The van der Waals surface area contributed by atoms with Gasteiger partial charge in [0, 0.05) is 39.1 Å². The van der Waals surface area contributed by atoms with Crippen molar-refractivity contribution in [2.24, 2.45) is 4.99 Å². The van der Waals surface area contributed by atoms with E-state index < -0.39 is 0 Å². The number of nitrogens with one attached hydrogen (secondary N) is 2. The van der Waals surface area contributed by atoms with Gasteiger partial charge in [-0.3, -0.25) is 9.89 Å². The van der Waals surface area contributed by atoms with E-state index in [4.69, 9.17) is 4.42 Å². The summed E-state index contributed by atoms with van der Waals surface area (Å²) in [7, 11) is 1.82. The molecule has 0 bridgehead atoms. The third-order valence-corrected chi connectivity index (χ3v) is 5.18. The quantitative estimate of drug-likeness (QED) is 0.402. The summed E-state index contributed by atoms with van der Waals surface area (Å²) >= 11 is 0. The van der Waals surface area contributed by atoms with E-state index in [0.29, 0.717) is 0 Å². The molecule has 0 radical (unpaired) electrons. The van der Waals surface area contributed by atoms with Gasteiger partial charge in [0.25, 0.3) is 0 Å². The maximum Gasteiger partial charge on any atom is 0.191 e. The molecule has 0 amide bonds. The number of guanidine groups is 1. The molecule has 1 unspecified atom stereocenters. The van der Waals surface area contributed by atoms with Crippen LogP contribution in [-0.4, -0.2) is 53.6 Å². The van der Waals surface area contributed by atoms with Gasteiger partial charge in [-0.2, -0.15) is 0 Å². The predicted octanol–water partition coefficient (Wildman–Crippen LogP) is 2.57. The summed E-state index contributed by atoms with van der Waals surface area (Å²) in [6.45, 7) is 7.01. The summed E-state index contributed by atoms with van der Waals surface area (Å²) in [4.78, 5) is 11.1. The van der Waals surface area contributed by atoms with Gasteiger partial charge in [-0.05, 0) is 57.8 Å². The van der Waals surface area contributed by atoms with Crippen LogP contribution in [0.4, 0.5) is 0 Å². The van der Waals surface area contributed by atoms with Gasteiger partial charge in [-0.1, -0.05) is 0 Å². The van der Waals surface area contributed by atoms with Gasteiger partial charge >= 0.3 is 0 Å². The number of aromatic nitrogens is 2. The molecule has 2 aromatic heterocycles. The van der Waals surface area contributed by atoms with Gasteiger partial charge in [0.05, 0.1) is 12.3 Å². The van der Waals surface area contributed by atoms with Crippen LogP contribution in [0.3, 0.4) is 0 Å². The lowest BCUT2D eigenvalue weighted by Crippen LogP contribution is -2.42. The zero-order chi connectivity index (χ0) is 18.9. The maximum absolute atomic E-state index is 5.68. The molecule has 0 aromatic carbocycles. The first-order chi connectivity index (χ1) is 13.3. The molecule has 1 saturated heterocycles. The van der Waals surface area contributed by atoms with Gasteiger partial charge < -0.3 is 19.6 Å². The van der Waals surface area contributed by atoms with Crippen LogP contribution in [0, 0.1) is 6.92 Å². The average Bonchev–Trinajstić information content (AvgIpc) is 3.44. The molecule has 1 atom stereocenters. The highest BCUT2D eigenvalue weighted by atomic mass is 16.3. The van der Waals surface area contributed by atoms with Crippen LogP contribution in [0.15, 0.2) is 40.2 Å². The second-order valence-electron chi connectivity index (χ2n) is 7.03. The summed E-state index contributed by atoms with van der Waals surface area (Å²) < 4.78 is 7.87. The highest BCUT2D eigenvalue weighted by Crippen LogP contribution is 2.24. The Hall–Kier alpha value is -2.28. The normalized spacial score (nSPS) is 16.6. The number of aliphatic imine (C=N–C) groups is 1. The monoisotopic (exact) mass is 372 g/mol. The Balaban J connectivity index is 1.40. The van der Waals surface area contributed by atoms with Crippen molar-refractivity contribution in [1.29, 1.82) is 0 Å². The summed E-state index contributed by atoms with van der Waals surface area (Å²) in [6, 6.07) is 4.29. The SMILES string of the molecule is CN=C(NCCCCn1ccnc1C)NCC(c1ccco1)N1CCCC1. The Bertz CT molecular complexity index is 687. The summed E-state index contributed by atoms with van der Waals surface area (Å²) in [5.74, 6) is 2.95. The van der Waals surface area contributed by atoms with Gasteiger partial charge in [0.1, 0.15) is 11.6 Å². The molecule has 0 spiro atoms. The van der Waals surface area contributed by atoms with Gasteiger partial charge in [-0.25, -0.2) is 4.98 Å². The second kappa shape index (κ2) is 10.2. The van der Waals surface area contributed by atoms with Crippen LogP contribution < -0.4 is 10.6 Å². The highest BCUT2D eigenvalue weighted by molar-refractivity contribution is 5.79. The summed E-state index contributed by atoms with van der Waals surface area (Å²) in [5.41, 5.74) is 0. The molecule has 1 aliphatic heterocycles. The molecule has 3 rings (SSSR count). The van der Waals surface area contributed by atoms with Crippen molar-refractivity contribution in [2.75, 3.05) is 33.2 Å². The van der Waals surface area contributed by atoms with Gasteiger partial charge in [-0.15, -0.1) is 0 Å². The number of nitrogens with zero attached hydrogens (tertiary/aromatic N) is 4. The van der Waals surface area contributed by atoms with E-state index in [0.717, 1.165) is 63.1 Å². The number of furan rings is 1. The molecule has 1 fully saturated rings. The molecule has 7 nitrogen and oxygen atoms in total. The molecular weight excluding hydrogens is 340 g/mol. The Morgan fingerprint density at radius 2 is 2.15 bits per heavy atom. The molecule has 3 heterocycles. The van der Waals surface area contributed by atoms with E-state index >= 15 is 0 Å². The minimum atomic E-state index is 0.255. The number of rotatable bonds is 9. The smallest absolute Gasteiger partial charge is 0.191 e. The lowest BCUT2D eigenvalue weighted by atomic mass is 10.2. The fraction of sp³-hybridized carbons (Fsp3) is 0.600. The molecule has 1 aliphatic rings. The number of hydrogen-bond acceptors (Lipinski definition) is 4. The zero-order valence-electron chi connectivity index (χ0n) is 16.5. The van der Waals surface area contributed by atoms with E-state index in [1.165, 1.54) is 12.8 Å². The summed E-state index contributed by atoms with van der Waals surface area (Å²) in [6.07, 6.45) is 10.4. The number of hydrogen-bond donors (Lipinski definition) is 2. The van der Waals surface area contributed by atoms with Crippen molar-refractivity contribution in [2.45, 2.75) is 45.2 Å². The molecule has 2 aromatic rings. The van der Waals surface area contributed by atoms with Crippen molar-refractivity contribution in [3.63, 3.8) is 0 Å².